The number of hydrogen-bond donors (Lipinski definition) is 1. The van der Waals surface area contributed by atoms with Crippen molar-refractivity contribution in [2.45, 2.75) is 13.0 Å². The number of alkyl halides is 1. The zero-order chi connectivity index (χ0) is 8.53. The first-order valence-electron chi connectivity index (χ1n) is 3.70. The number of ether oxygens (including phenoxy) is 2. The molecule has 0 aliphatic rings. The van der Waals surface area contributed by atoms with Gasteiger partial charge in [-0.2, -0.15) is 0 Å². The number of halogens is 1. The van der Waals surface area contributed by atoms with E-state index in [1.165, 1.54) is 0 Å². The highest BCUT2D eigenvalue weighted by Gasteiger charge is 1.99. The summed E-state index contributed by atoms with van der Waals surface area (Å²) in [5.41, 5.74) is 0. The maximum Gasteiger partial charge on any atom is 0.0870 e. The molecule has 0 aromatic heterocycles. The molecule has 68 valence electrons. The van der Waals surface area contributed by atoms with E-state index in [-0.39, 0.29) is 0 Å². The van der Waals surface area contributed by atoms with Crippen molar-refractivity contribution < 1.29 is 14.6 Å². The Hall–Kier alpha value is 0.360. The monoisotopic (exact) mass is 226 g/mol. The second-order valence-corrected chi connectivity index (χ2v) is 2.73. The Labute approximate surface area is 75.8 Å². The van der Waals surface area contributed by atoms with E-state index in [0.717, 1.165) is 0 Å². The van der Waals surface area contributed by atoms with Gasteiger partial charge in [-0.05, 0) is 6.92 Å². The van der Waals surface area contributed by atoms with Crippen LogP contribution in [0.25, 0.3) is 0 Å². The molecule has 1 N–H and O–H groups in total. The summed E-state index contributed by atoms with van der Waals surface area (Å²) in [7, 11) is 0. The largest absolute Gasteiger partial charge is 0.390 e. The number of rotatable bonds is 7. The van der Waals surface area contributed by atoms with Gasteiger partial charge in [0.2, 0.25) is 0 Å². The zero-order valence-electron chi connectivity index (χ0n) is 6.75. The number of aliphatic hydroxyl groups excluding tert-OH is 1. The van der Waals surface area contributed by atoms with Crippen LogP contribution in [0, 0.1) is 0 Å². The average molecular weight is 227 g/mol. The van der Waals surface area contributed by atoms with Gasteiger partial charge in [0.15, 0.2) is 0 Å². The van der Waals surface area contributed by atoms with E-state index in [4.69, 9.17) is 14.6 Å². The summed E-state index contributed by atoms with van der Waals surface area (Å²) in [5, 5.41) is 9.56. The normalized spacial score (nSPS) is 13.4. The number of aliphatic hydroxyl groups is 1. The molecule has 0 amide bonds. The molecule has 0 bridgehead atoms. The molecule has 11 heavy (non-hydrogen) atoms. The quantitative estimate of drug-likeness (QED) is 0.516. The lowest BCUT2D eigenvalue weighted by Gasteiger charge is -2.07. The minimum Gasteiger partial charge on any atom is -0.390 e. The second-order valence-electron chi connectivity index (χ2n) is 2.08. The summed E-state index contributed by atoms with van der Waals surface area (Å²) in [4.78, 5) is 0. The van der Waals surface area contributed by atoms with Gasteiger partial charge in [0, 0.05) is 11.9 Å². The molecule has 1 unspecified atom stereocenters. The van der Waals surface area contributed by atoms with Crippen LogP contribution in [0.5, 0.6) is 0 Å². The summed E-state index contributed by atoms with van der Waals surface area (Å²) in [6.07, 6.45) is -0.406. The molecule has 0 spiro atoms. The molecule has 0 radical (unpaired) electrons. The predicted octanol–water partition coefficient (Wildman–Crippen LogP) is 0.795. The Kier molecular flexibility index (Phi) is 8.73. The number of hydrogen-bond acceptors (Lipinski definition) is 3. The first-order valence-corrected chi connectivity index (χ1v) is 4.83. The van der Waals surface area contributed by atoms with Crippen LogP contribution >= 0.6 is 15.9 Å². The van der Waals surface area contributed by atoms with Gasteiger partial charge in [-0.3, -0.25) is 0 Å². The van der Waals surface area contributed by atoms with E-state index in [1.807, 2.05) is 6.92 Å². The Morgan fingerprint density at radius 1 is 1.36 bits per heavy atom. The Bertz CT molecular complexity index is 80.1. The van der Waals surface area contributed by atoms with Crippen molar-refractivity contribution in [3.63, 3.8) is 0 Å². The minimum absolute atomic E-state index is 0.373. The van der Waals surface area contributed by atoms with E-state index in [1.54, 1.807) is 0 Å². The van der Waals surface area contributed by atoms with Crippen LogP contribution in [0.1, 0.15) is 6.92 Å². The molecule has 0 heterocycles. The van der Waals surface area contributed by atoms with Crippen LogP contribution in [0.15, 0.2) is 0 Å². The molecule has 0 aliphatic carbocycles. The van der Waals surface area contributed by atoms with Gasteiger partial charge in [0.05, 0.1) is 25.9 Å². The van der Waals surface area contributed by atoms with Crippen LogP contribution in [0.2, 0.25) is 0 Å². The van der Waals surface area contributed by atoms with Crippen molar-refractivity contribution in [2.24, 2.45) is 0 Å². The van der Waals surface area contributed by atoms with Crippen molar-refractivity contribution in [2.75, 3.05) is 31.8 Å². The van der Waals surface area contributed by atoms with Gasteiger partial charge < -0.3 is 14.6 Å². The van der Waals surface area contributed by atoms with E-state index < -0.39 is 6.10 Å². The lowest BCUT2D eigenvalue weighted by molar-refractivity contribution is 0.0138. The van der Waals surface area contributed by atoms with Gasteiger partial charge >= 0.3 is 0 Å². The van der Waals surface area contributed by atoms with E-state index in [0.29, 0.717) is 31.8 Å². The lowest BCUT2D eigenvalue weighted by atomic mass is 10.4. The molecule has 0 fully saturated rings. The third kappa shape index (κ3) is 8.26. The Balaban J connectivity index is 2.89. The van der Waals surface area contributed by atoms with Crippen molar-refractivity contribution in [3.05, 3.63) is 0 Å². The summed E-state index contributed by atoms with van der Waals surface area (Å²) in [6, 6.07) is 0. The summed E-state index contributed by atoms with van der Waals surface area (Å²) in [6.45, 7) is 4.18. The van der Waals surface area contributed by atoms with E-state index in [2.05, 4.69) is 15.9 Å². The molecule has 0 saturated carbocycles. The van der Waals surface area contributed by atoms with E-state index in [9.17, 15) is 0 Å². The van der Waals surface area contributed by atoms with Crippen molar-refractivity contribution in [3.8, 4) is 0 Å². The SMILES string of the molecule is CCOCCOCC(O)CBr. The molecule has 0 aromatic carbocycles. The Morgan fingerprint density at radius 2 is 2.00 bits per heavy atom. The molecule has 4 heteroatoms. The van der Waals surface area contributed by atoms with Gasteiger partial charge in [-0.15, -0.1) is 0 Å². The van der Waals surface area contributed by atoms with Crippen LogP contribution in [0.4, 0.5) is 0 Å². The van der Waals surface area contributed by atoms with Crippen LogP contribution in [-0.4, -0.2) is 43.0 Å². The standard InChI is InChI=1S/C7H15BrO3/c1-2-10-3-4-11-6-7(9)5-8/h7,9H,2-6H2,1H3. The smallest absolute Gasteiger partial charge is 0.0870 e. The molecular formula is C7H15BrO3. The molecule has 0 aliphatic heterocycles. The van der Waals surface area contributed by atoms with Gasteiger partial charge in [-0.25, -0.2) is 0 Å². The molecule has 1 atom stereocenters. The Morgan fingerprint density at radius 3 is 2.55 bits per heavy atom. The second kappa shape index (κ2) is 8.46. The third-order valence-corrected chi connectivity index (χ3v) is 1.81. The van der Waals surface area contributed by atoms with Crippen molar-refractivity contribution >= 4 is 15.9 Å². The maximum atomic E-state index is 9.00. The van der Waals surface area contributed by atoms with Gasteiger partial charge in [-0.1, -0.05) is 15.9 Å². The third-order valence-electron chi connectivity index (χ3n) is 1.06. The highest BCUT2D eigenvalue weighted by Crippen LogP contribution is 1.90. The summed E-state index contributed by atoms with van der Waals surface area (Å²) in [5.74, 6) is 0. The zero-order valence-corrected chi connectivity index (χ0v) is 8.34. The highest BCUT2D eigenvalue weighted by molar-refractivity contribution is 9.09. The summed E-state index contributed by atoms with van der Waals surface area (Å²) >= 11 is 3.14. The van der Waals surface area contributed by atoms with Crippen molar-refractivity contribution in [1.82, 2.24) is 0 Å². The molecular weight excluding hydrogens is 212 g/mol. The predicted molar refractivity (Wildman–Crippen MR) is 47.1 cm³/mol. The maximum absolute atomic E-state index is 9.00. The average Bonchev–Trinajstić information content (AvgIpc) is 2.04. The fourth-order valence-corrected chi connectivity index (χ4v) is 0.713. The summed E-state index contributed by atoms with van der Waals surface area (Å²) < 4.78 is 10.1. The fourth-order valence-electron chi connectivity index (χ4n) is 0.526. The first-order chi connectivity index (χ1) is 5.31. The van der Waals surface area contributed by atoms with Crippen LogP contribution < -0.4 is 0 Å². The van der Waals surface area contributed by atoms with E-state index >= 15 is 0 Å². The van der Waals surface area contributed by atoms with Gasteiger partial charge in [0.1, 0.15) is 0 Å². The van der Waals surface area contributed by atoms with Crippen LogP contribution in [0.3, 0.4) is 0 Å². The topological polar surface area (TPSA) is 38.7 Å². The molecule has 3 nitrogen and oxygen atoms in total. The minimum atomic E-state index is -0.406. The highest BCUT2D eigenvalue weighted by atomic mass is 79.9. The molecule has 0 rings (SSSR count). The van der Waals surface area contributed by atoms with Crippen LogP contribution in [-0.2, 0) is 9.47 Å². The fraction of sp³-hybridized carbons (Fsp3) is 1.00. The molecule has 0 saturated heterocycles. The first kappa shape index (κ1) is 11.4. The van der Waals surface area contributed by atoms with Crippen molar-refractivity contribution in [1.29, 1.82) is 0 Å². The molecule has 0 aromatic rings. The van der Waals surface area contributed by atoms with Gasteiger partial charge in [0.25, 0.3) is 0 Å². The lowest BCUT2D eigenvalue weighted by Crippen LogP contribution is -2.18.